The van der Waals surface area contributed by atoms with Gasteiger partial charge in [0.2, 0.25) is 0 Å². The molecule has 1 aromatic carbocycles. The van der Waals surface area contributed by atoms with Gasteiger partial charge in [0.25, 0.3) is 0 Å². The van der Waals surface area contributed by atoms with Crippen molar-refractivity contribution in [2.45, 2.75) is 44.9 Å². The van der Waals surface area contributed by atoms with Crippen LogP contribution in [0.4, 0.5) is 5.69 Å². The van der Waals surface area contributed by atoms with Crippen molar-refractivity contribution < 1.29 is 9.84 Å². The summed E-state index contributed by atoms with van der Waals surface area (Å²) >= 11 is 0. The van der Waals surface area contributed by atoms with Crippen molar-refractivity contribution in [1.29, 1.82) is 0 Å². The molecule has 0 amide bonds. The Balaban J connectivity index is 2.13. The summed E-state index contributed by atoms with van der Waals surface area (Å²) in [7, 11) is 0. The van der Waals surface area contributed by atoms with Crippen molar-refractivity contribution in [2.24, 2.45) is 0 Å². The van der Waals surface area contributed by atoms with Crippen LogP contribution in [0, 0.1) is 0 Å². The van der Waals surface area contributed by atoms with Gasteiger partial charge in [-0.15, -0.1) is 0 Å². The predicted molar refractivity (Wildman–Crippen MR) is 78.5 cm³/mol. The summed E-state index contributed by atoms with van der Waals surface area (Å²) < 4.78 is 7.88. The monoisotopic (exact) mass is 275 g/mol. The first kappa shape index (κ1) is 13.4. The molecule has 3 rings (SSSR count). The second-order valence-electron chi connectivity index (χ2n) is 5.56. The fourth-order valence-corrected chi connectivity index (χ4v) is 3.01. The fourth-order valence-electron chi connectivity index (χ4n) is 3.01. The van der Waals surface area contributed by atoms with Gasteiger partial charge in [-0.3, -0.25) is 0 Å². The Hall–Kier alpha value is -1.59. The molecule has 3 unspecified atom stereocenters. The Morgan fingerprint density at radius 2 is 2.25 bits per heavy atom. The van der Waals surface area contributed by atoms with Crippen LogP contribution in [0.2, 0.25) is 0 Å². The molecule has 0 radical (unpaired) electrons. The van der Waals surface area contributed by atoms with Gasteiger partial charge in [-0.25, -0.2) is 4.98 Å². The molecule has 108 valence electrons. The Morgan fingerprint density at radius 3 is 2.90 bits per heavy atom. The third-order valence-electron chi connectivity index (χ3n) is 4.02. The predicted octanol–water partition coefficient (Wildman–Crippen LogP) is 2.41. The number of benzene rings is 1. The molecule has 0 spiro atoms. The molecule has 3 atom stereocenters. The highest BCUT2D eigenvalue weighted by Crippen LogP contribution is 2.31. The molecule has 1 aromatic heterocycles. The van der Waals surface area contributed by atoms with E-state index in [9.17, 15) is 5.11 Å². The van der Waals surface area contributed by atoms with Crippen LogP contribution in [0.15, 0.2) is 18.2 Å². The number of rotatable bonds is 3. The van der Waals surface area contributed by atoms with Gasteiger partial charge in [0, 0.05) is 12.3 Å². The average Bonchev–Trinajstić information content (AvgIpc) is 3.04. The highest BCUT2D eigenvalue weighted by molar-refractivity contribution is 5.80. The van der Waals surface area contributed by atoms with Crippen LogP contribution in [0.1, 0.15) is 44.7 Å². The van der Waals surface area contributed by atoms with Gasteiger partial charge < -0.3 is 20.1 Å². The molecule has 5 heteroatoms. The number of nitrogen functional groups attached to an aromatic ring is 1. The topological polar surface area (TPSA) is 73.3 Å². The summed E-state index contributed by atoms with van der Waals surface area (Å²) in [6, 6.07) is 5.83. The maximum Gasteiger partial charge on any atom is 0.138 e. The maximum absolute atomic E-state index is 10.0. The summed E-state index contributed by atoms with van der Waals surface area (Å²) in [5, 5.41) is 10.0. The minimum Gasteiger partial charge on any atom is -0.399 e. The molecule has 0 aliphatic carbocycles. The van der Waals surface area contributed by atoms with E-state index >= 15 is 0 Å². The van der Waals surface area contributed by atoms with Gasteiger partial charge in [-0.05, 0) is 44.9 Å². The molecular weight excluding hydrogens is 254 g/mol. The van der Waals surface area contributed by atoms with E-state index in [4.69, 9.17) is 10.5 Å². The van der Waals surface area contributed by atoms with Crippen molar-refractivity contribution in [3.63, 3.8) is 0 Å². The smallest absolute Gasteiger partial charge is 0.138 e. The SMILES string of the molecule is CC(O)c1nc2cc(N)ccc2n1C(C)C1CCCO1. The number of aromatic nitrogens is 2. The lowest BCUT2D eigenvalue weighted by molar-refractivity contribution is 0.0701. The second-order valence-corrected chi connectivity index (χ2v) is 5.56. The molecule has 1 fully saturated rings. The van der Waals surface area contributed by atoms with E-state index in [1.165, 1.54) is 0 Å². The normalized spacial score (nSPS) is 22.2. The van der Waals surface area contributed by atoms with E-state index in [2.05, 4.69) is 16.5 Å². The number of aliphatic hydroxyl groups excluding tert-OH is 1. The Bertz CT molecular complexity index is 615. The molecule has 1 aliphatic heterocycles. The second kappa shape index (κ2) is 5.07. The third-order valence-corrected chi connectivity index (χ3v) is 4.02. The van der Waals surface area contributed by atoms with Crippen LogP contribution in [-0.2, 0) is 4.74 Å². The lowest BCUT2D eigenvalue weighted by Gasteiger charge is -2.23. The van der Waals surface area contributed by atoms with Crippen LogP contribution < -0.4 is 5.73 Å². The van der Waals surface area contributed by atoms with Gasteiger partial charge in [-0.1, -0.05) is 0 Å². The summed E-state index contributed by atoms with van der Waals surface area (Å²) in [5.74, 6) is 0.675. The van der Waals surface area contributed by atoms with Gasteiger partial charge in [-0.2, -0.15) is 0 Å². The number of aliphatic hydroxyl groups is 1. The van der Waals surface area contributed by atoms with Crippen LogP contribution in [-0.4, -0.2) is 27.4 Å². The number of imidazole rings is 1. The number of hydrogen-bond donors (Lipinski definition) is 2. The number of nitrogens with zero attached hydrogens (tertiary/aromatic N) is 2. The Labute approximate surface area is 118 Å². The molecule has 20 heavy (non-hydrogen) atoms. The van der Waals surface area contributed by atoms with Gasteiger partial charge >= 0.3 is 0 Å². The number of anilines is 1. The third kappa shape index (κ3) is 2.17. The summed E-state index contributed by atoms with van der Waals surface area (Å²) in [6.07, 6.45) is 1.71. The molecule has 1 aliphatic rings. The standard InChI is InChI=1S/C15H21N3O2/c1-9(14-4-3-7-20-14)18-13-6-5-11(16)8-12(13)17-15(18)10(2)19/h5-6,8-10,14,19H,3-4,7,16H2,1-2H3. The van der Waals surface area contributed by atoms with E-state index in [0.29, 0.717) is 11.5 Å². The summed E-state index contributed by atoms with van der Waals surface area (Å²) in [6.45, 7) is 4.68. The van der Waals surface area contributed by atoms with Crippen LogP contribution in [0.25, 0.3) is 11.0 Å². The summed E-state index contributed by atoms with van der Waals surface area (Å²) in [5.41, 5.74) is 8.33. The largest absolute Gasteiger partial charge is 0.399 e. The summed E-state index contributed by atoms with van der Waals surface area (Å²) in [4.78, 5) is 4.54. The van der Waals surface area contributed by atoms with Crippen molar-refractivity contribution >= 4 is 16.7 Å². The Kier molecular flexibility index (Phi) is 3.40. The Morgan fingerprint density at radius 1 is 1.45 bits per heavy atom. The van der Waals surface area contributed by atoms with Gasteiger partial charge in [0.05, 0.1) is 23.2 Å². The minimum atomic E-state index is -0.618. The van der Waals surface area contributed by atoms with Crippen molar-refractivity contribution in [2.75, 3.05) is 12.3 Å². The molecule has 1 saturated heterocycles. The van der Waals surface area contributed by atoms with Crippen molar-refractivity contribution in [3.8, 4) is 0 Å². The molecule has 0 saturated carbocycles. The molecular formula is C15H21N3O2. The highest BCUT2D eigenvalue weighted by Gasteiger charge is 2.28. The first-order chi connectivity index (χ1) is 9.58. The number of fused-ring (bicyclic) bond motifs is 1. The van der Waals surface area contributed by atoms with Crippen molar-refractivity contribution in [3.05, 3.63) is 24.0 Å². The van der Waals surface area contributed by atoms with Crippen LogP contribution in [0.5, 0.6) is 0 Å². The zero-order valence-electron chi connectivity index (χ0n) is 11.9. The van der Waals surface area contributed by atoms with E-state index in [1.807, 2.05) is 18.2 Å². The average molecular weight is 275 g/mol. The first-order valence-electron chi connectivity index (χ1n) is 7.15. The maximum atomic E-state index is 10.0. The lowest BCUT2D eigenvalue weighted by Crippen LogP contribution is -2.23. The number of hydrogen-bond acceptors (Lipinski definition) is 4. The van der Waals surface area contributed by atoms with Gasteiger partial charge in [0.15, 0.2) is 0 Å². The van der Waals surface area contributed by atoms with Gasteiger partial charge in [0.1, 0.15) is 11.9 Å². The minimum absolute atomic E-state index is 0.149. The molecule has 3 N–H and O–H groups in total. The van der Waals surface area contributed by atoms with Crippen LogP contribution >= 0.6 is 0 Å². The van der Waals surface area contributed by atoms with Crippen molar-refractivity contribution in [1.82, 2.24) is 9.55 Å². The zero-order chi connectivity index (χ0) is 14.3. The lowest BCUT2D eigenvalue weighted by atomic mass is 10.1. The van der Waals surface area contributed by atoms with E-state index in [-0.39, 0.29) is 12.1 Å². The van der Waals surface area contributed by atoms with E-state index < -0.39 is 6.10 Å². The number of nitrogens with two attached hydrogens (primary N) is 1. The highest BCUT2D eigenvalue weighted by atomic mass is 16.5. The van der Waals surface area contributed by atoms with E-state index in [1.54, 1.807) is 6.92 Å². The molecule has 2 heterocycles. The quantitative estimate of drug-likeness (QED) is 0.844. The first-order valence-corrected chi connectivity index (χ1v) is 7.15. The fraction of sp³-hybridized carbons (Fsp3) is 0.533. The van der Waals surface area contributed by atoms with Crippen LogP contribution in [0.3, 0.4) is 0 Å². The zero-order valence-corrected chi connectivity index (χ0v) is 11.9. The van der Waals surface area contributed by atoms with E-state index in [0.717, 1.165) is 30.5 Å². The molecule has 5 nitrogen and oxygen atoms in total. The molecule has 2 aromatic rings. The number of ether oxygens (including phenoxy) is 1. The molecule has 0 bridgehead atoms.